The summed E-state index contributed by atoms with van der Waals surface area (Å²) < 4.78 is 0. The molecule has 3 aromatic rings. The van der Waals surface area contributed by atoms with Crippen molar-refractivity contribution >= 4 is 11.4 Å². The fourth-order valence-electron chi connectivity index (χ4n) is 3.14. The zero-order valence-corrected chi connectivity index (χ0v) is 12.1. The molecule has 102 valence electrons. The lowest BCUT2D eigenvalue weighted by Gasteiger charge is -2.33. The highest BCUT2D eigenvalue weighted by atomic mass is 15.1. The molecule has 21 heavy (non-hydrogen) atoms. The fraction of sp³-hybridized carbons (Fsp3) is 0.100. The quantitative estimate of drug-likeness (QED) is 0.579. The van der Waals surface area contributed by atoms with E-state index in [2.05, 4.69) is 84.6 Å². The Bertz CT molecular complexity index is 804. The molecule has 0 unspecified atom stereocenters. The van der Waals surface area contributed by atoms with Gasteiger partial charge in [-0.15, -0.1) is 0 Å². The van der Waals surface area contributed by atoms with Crippen LogP contribution >= 0.6 is 0 Å². The molecule has 1 heterocycles. The molecular weight excluding hydrogens is 254 g/mol. The maximum absolute atomic E-state index is 2.41. The molecule has 0 bridgehead atoms. The van der Waals surface area contributed by atoms with Crippen molar-refractivity contribution in [3.05, 3.63) is 83.9 Å². The molecule has 4 rings (SSSR count). The van der Waals surface area contributed by atoms with Crippen LogP contribution in [0.2, 0.25) is 0 Å². The van der Waals surface area contributed by atoms with Crippen LogP contribution in [0.15, 0.2) is 72.8 Å². The van der Waals surface area contributed by atoms with E-state index in [0.717, 1.165) is 6.54 Å². The lowest BCUT2D eigenvalue weighted by molar-refractivity contribution is 0.960. The molecule has 1 aliphatic rings. The first-order valence-electron chi connectivity index (χ1n) is 7.34. The number of aryl methyl sites for hydroxylation is 1. The number of para-hydroxylation sites is 1. The molecule has 0 amide bonds. The van der Waals surface area contributed by atoms with Crippen molar-refractivity contribution in [1.82, 2.24) is 0 Å². The van der Waals surface area contributed by atoms with Gasteiger partial charge in [0.15, 0.2) is 0 Å². The van der Waals surface area contributed by atoms with Gasteiger partial charge in [0.1, 0.15) is 0 Å². The van der Waals surface area contributed by atoms with Gasteiger partial charge in [0.25, 0.3) is 0 Å². The first-order valence-corrected chi connectivity index (χ1v) is 7.34. The summed E-state index contributed by atoms with van der Waals surface area (Å²) >= 11 is 0. The van der Waals surface area contributed by atoms with Crippen molar-refractivity contribution in [3.63, 3.8) is 0 Å². The molecule has 0 radical (unpaired) electrons. The monoisotopic (exact) mass is 271 g/mol. The highest BCUT2D eigenvalue weighted by Crippen LogP contribution is 2.42. The predicted molar refractivity (Wildman–Crippen MR) is 88.9 cm³/mol. The molecule has 0 aliphatic carbocycles. The van der Waals surface area contributed by atoms with Gasteiger partial charge in [-0.1, -0.05) is 54.6 Å². The summed E-state index contributed by atoms with van der Waals surface area (Å²) in [7, 11) is 0. The lowest BCUT2D eigenvalue weighted by atomic mass is 9.93. The highest BCUT2D eigenvalue weighted by molar-refractivity contribution is 5.87. The number of rotatable bonds is 1. The molecule has 0 aromatic heterocycles. The average Bonchev–Trinajstić information content (AvgIpc) is 2.54. The van der Waals surface area contributed by atoms with Gasteiger partial charge in [0, 0.05) is 23.5 Å². The maximum Gasteiger partial charge on any atom is 0.0493 e. The lowest BCUT2D eigenvalue weighted by Crippen LogP contribution is -2.21. The summed E-state index contributed by atoms with van der Waals surface area (Å²) in [6.45, 7) is 3.07. The van der Waals surface area contributed by atoms with E-state index in [0.29, 0.717) is 0 Å². The number of hydrogen-bond acceptors (Lipinski definition) is 1. The number of hydrogen-bond donors (Lipinski definition) is 0. The summed E-state index contributed by atoms with van der Waals surface area (Å²) in [5.41, 5.74) is 7.91. The first-order chi connectivity index (χ1) is 10.3. The van der Waals surface area contributed by atoms with Gasteiger partial charge in [0.05, 0.1) is 0 Å². The molecule has 0 saturated carbocycles. The minimum atomic E-state index is 0.927. The Balaban J connectivity index is 1.92. The van der Waals surface area contributed by atoms with Crippen molar-refractivity contribution in [2.24, 2.45) is 0 Å². The molecule has 0 N–H and O–H groups in total. The van der Waals surface area contributed by atoms with Crippen molar-refractivity contribution in [1.29, 1.82) is 0 Å². The minimum Gasteiger partial charge on any atom is -0.336 e. The first kappa shape index (κ1) is 12.2. The molecule has 0 fully saturated rings. The van der Waals surface area contributed by atoms with Crippen LogP contribution in [-0.4, -0.2) is 0 Å². The average molecular weight is 271 g/mol. The van der Waals surface area contributed by atoms with Crippen LogP contribution in [0.5, 0.6) is 0 Å². The van der Waals surface area contributed by atoms with E-state index in [-0.39, 0.29) is 0 Å². The van der Waals surface area contributed by atoms with Crippen molar-refractivity contribution in [3.8, 4) is 11.1 Å². The van der Waals surface area contributed by atoms with Gasteiger partial charge in [-0.3, -0.25) is 0 Å². The molecule has 0 saturated heterocycles. The number of nitrogens with zero attached hydrogens (tertiary/aromatic N) is 1. The molecule has 3 aromatic carbocycles. The second-order valence-corrected chi connectivity index (χ2v) is 5.60. The largest absolute Gasteiger partial charge is 0.336 e. The van der Waals surface area contributed by atoms with Crippen LogP contribution in [0.3, 0.4) is 0 Å². The Morgan fingerprint density at radius 1 is 0.762 bits per heavy atom. The van der Waals surface area contributed by atoms with E-state index in [1.807, 2.05) is 0 Å². The highest BCUT2D eigenvalue weighted by Gasteiger charge is 2.22. The number of anilines is 2. The second-order valence-electron chi connectivity index (χ2n) is 5.60. The summed E-state index contributed by atoms with van der Waals surface area (Å²) in [5.74, 6) is 0. The van der Waals surface area contributed by atoms with E-state index in [1.165, 1.54) is 33.6 Å². The van der Waals surface area contributed by atoms with Crippen LogP contribution < -0.4 is 4.90 Å². The summed E-state index contributed by atoms with van der Waals surface area (Å²) in [5, 5.41) is 0. The molecule has 0 atom stereocenters. The third-order valence-corrected chi connectivity index (χ3v) is 4.14. The van der Waals surface area contributed by atoms with E-state index in [9.17, 15) is 0 Å². The topological polar surface area (TPSA) is 3.24 Å². The Labute approximate surface area is 125 Å². The third-order valence-electron chi connectivity index (χ3n) is 4.14. The molecule has 0 spiro atoms. The van der Waals surface area contributed by atoms with Crippen molar-refractivity contribution < 1.29 is 0 Å². The minimum absolute atomic E-state index is 0.927. The van der Waals surface area contributed by atoms with Gasteiger partial charge in [-0.25, -0.2) is 0 Å². The van der Waals surface area contributed by atoms with Crippen LogP contribution in [0.1, 0.15) is 11.1 Å². The number of fused-ring (bicyclic) bond motifs is 3. The Morgan fingerprint density at radius 2 is 1.52 bits per heavy atom. The summed E-state index contributed by atoms with van der Waals surface area (Å²) in [6, 6.07) is 26.1. The van der Waals surface area contributed by atoms with E-state index in [1.54, 1.807) is 0 Å². The van der Waals surface area contributed by atoms with Gasteiger partial charge in [-0.05, 0) is 41.8 Å². The standard InChI is InChI=1S/C20H17N/c1-15-7-6-9-17(13-15)21-14-16-8-2-3-10-18(16)19-11-4-5-12-20(19)21/h2-13H,14H2,1H3. The van der Waals surface area contributed by atoms with Gasteiger partial charge < -0.3 is 4.90 Å². The molecule has 1 heteroatoms. The van der Waals surface area contributed by atoms with Crippen molar-refractivity contribution in [2.45, 2.75) is 13.5 Å². The van der Waals surface area contributed by atoms with Crippen LogP contribution in [0, 0.1) is 6.92 Å². The van der Waals surface area contributed by atoms with Crippen LogP contribution in [-0.2, 0) is 6.54 Å². The van der Waals surface area contributed by atoms with E-state index < -0.39 is 0 Å². The van der Waals surface area contributed by atoms with E-state index >= 15 is 0 Å². The Kier molecular flexibility index (Phi) is 2.78. The van der Waals surface area contributed by atoms with Gasteiger partial charge in [-0.2, -0.15) is 0 Å². The second kappa shape index (κ2) is 4.78. The molecule has 1 aliphatic heterocycles. The zero-order valence-electron chi connectivity index (χ0n) is 12.1. The van der Waals surface area contributed by atoms with Crippen molar-refractivity contribution in [2.75, 3.05) is 4.90 Å². The summed E-state index contributed by atoms with van der Waals surface area (Å²) in [6.07, 6.45) is 0. The predicted octanol–water partition coefficient (Wildman–Crippen LogP) is 5.31. The van der Waals surface area contributed by atoms with Gasteiger partial charge in [0.2, 0.25) is 0 Å². The smallest absolute Gasteiger partial charge is 0.0493 e. The molecule has 1 nitrogen and oxygen atoms in total. The Hall–Kier alpha value is -2.54. The maximum atomic E-state index is 2.41. The number of benzene rings is 3. The third kappa shape index (κ3) is 2.02. The normalized spacial score (nSPS) is 12.7. The SMILES string of the molecule is Cc1cccc(N2Cc3ccccc3-c3ccccc32)c1. The zero-order chi connectivity index (χ0) is 14.2. The summed E-state index contributed by atoms with van der Waals surface area (Å²) in [4.78, 5) is 2.41. The van der Waals surface area contributed by atoms with Gasteiger partial charge >= 0.3 is 0 Å². The van der Waals surface area contributed by atoms with Crippen LogP contribution in [0.25, 0.3) is 11.1 Å². The Morgan fingerprint density at radius 3 is 2.38 bits per heavy atom. The fourth-order valence-corrected chi connectivity index (χ4v) is 3.14. The van der Waals surface area contributed by atoms with E-state index in [4.69, 9.17) is 0 Å². The van der Waals surface area contributed by atoms with Crippen LogP contribution in [0.4, 0.5) is 11.4 Å². The molecular formula is C20H17N.